The number of hydrogen-bond donors (Lipinski definition) is 0. The number of nitro groups is 1. The molecule has 3 aromatic carbocycles. The summed E-state index contributed by atoms with van der Waals surface area (Å²) in [7, 11) is 0. The minimum absolute atomic E-state index is 0.0748. The quantitative estimate of drug-likeness (QED) is 0.339. The molecule has 2 unspecified atom stereocenters. The fourth-order valence-electron chi connectivity index (χ4n) is 7.46. The smallest absolute Gasteiger partial charge is 0.224 e. The summed E-state index contributed by atoms with van der Waals surface area (Å²) in [5.41, 5.74) is 1.97. The van der Waals surface area contributed by atoms with Crippen molar-refractivity contribution < 1.29 is 4.92 Å². The number of fused-ring (bicyclic) bond motifs is 2. The van der Waals surface area contributed by atoms with Crippen LogP contribution in [0.15, 0.2) is 91.0 Å². The first kappa shape index (κ1) is 20.9. The van der Waals surface area contributed by atoms with Crippen molar-refractivity contribution in [2.45, 2.75) is 67.7 Å². The van der Waals surface area contributed by atoms with Gasteiger partial charge in [-0.25, -0.2) is 0 Å². The molecule has 3 heteroatoms. The zero-order valence-corrected chi connectivity index (χ0v) is 19.0. The largest absolute Gasteiger partial charge is 0.264 e. The summed E-state index contributed by atoms with van der Waals surface area (Å²) in [5, 5.41) is 12.9. The molecule has 2 fully saturated rings. The van der Waals surface area contributed by atoms with E-state index in [1.54, 1.807) is 0 Å². The average Bonchev–Trinajstić information content (AvgIpc) is 2.80. The van der Waals surface area contributed by atoms with Crippen LogP contribution in [0.2, 0.25) is 0 Å². The van der Waals surface area contributed by atoms with E-state index in [2.05, 4.69) is 86.6 Å². The Kier molecular flexibility index (Phi) is 4.77. The summed E-state index contributed by atoms with van der Waals surface area (Å²) in [4.78, 5) is 13.0. The maximum atomic E-state index is 12.9. The van der Waals surface area contributed by atoms with E-state index in [0.29, 0.717) is 19.3 Å². The van der Waals surface area contributed by atoms with Crippen LogP contribution >= 0.6 is 0 Å². The SMILES string of the molecule is CC1(c2ccccc2)CC2(c3ccccc3)CC(C)(c3ccccc3)CC([N+](=O)[O-])(C1)C2. The Bertz CT molecular complexity index is 1050. The monoisotopic (exact) mass is 425 g/mol. The Balaban J connectivity index is 1.73. The van der Waals surface area contributed by atoms with Crippen molar-refractivity contribution in [1.82, 2.24) is 0 Å². The Labute approximate surface area is 190 Å². The Morgan fingerprint density at radius 1 is 0.594 bits per heavy atom. The fourth-order valence-corrected chi connectivity index (χ4v) is 7.46. The van der Waals surface area contributed by atoms with Crippen molar-refractivity contribution in [3.05, 3.63) is 118 Å². The van der Waals surface area contributed by atoms with E-state index in [9.17, 15) is 10.1 Å². The second-order valence-electron chi connectivity index (χ2n) is 10.9. The number of hydrogen-bond acceptors (Lipinski definition) is 2. The van der Waals surface area contributed by atoms with E-state index in [1.807, 2.05) is 18.2 Å². The van der Waals surface area contributed by atoms with Crippen LogP contribution in [-0.4, -0.2) is 10.5 Å². The minimum atomic E-state index is -0.957. The van der Waals surface area contributed by atoms with Crippen LogP contribution in [0, 0.1) is 10.1 Å². The Morgan fingerprint density at radius 2 is 0.969 bits per heavy atom. The third-order valence-electron chi connectivity index (χ3n) is 8.28. The van der Waals surface area contributed by atoms with Crippen molar-refractivity contribution in [3.8, 4) is 0 Å². The van der Waals surface area contributed by atoms with Gasteiger partial charge in [0.2, 0.25) is 5.54 Å². The Morgan fingerprint density at radius 3 is 1.34 bits per heavy atom. The second kappa shape index (κ2) is 7.30. The van der Waals surface area contributed by atoms with Gasteiger partial charge in [0.15, 0.2) is 0 Å². The number of nitrogens with zero attached hydrogens (tertiary/aromatic N) is 1. The van der Waals surface area contributed by atoms with Crippen molar-refractivity contribution in [2.75, 3.05) is 0 Å². The average molecular weight is 426 g/mol. The van der Waals surface area contributed by atoms with Crippen LogP contribution in [0.3, 0.4) is 0 Å². The van der Waals surface area contributed by atoms with Gasteiger partial charge < -0.3 is 0 Å². The molecule has 0 N–H and O–H groups in total. The molecule has 3 nitrogen and oxygen atoms in total. The first-order valence-corrected chi connectivity index (χ1v) is 11.6. The van der Waals surface area contributed by atoms with Gasteiger partial charge in [-0.1, -0.05) is 105 Å². The van der Waals surface area contributed by atoms with E-state index in [1.165, 1.54) is 16.7 Å². The highest BCUT2D eigenvalue weighted by molar-refractivity contribution is 5.40. The molecule has 2 atom stereocenters. The molecule has 32 heavy (non-hydrogen) atoms. The molecule has 5 rings (SSSR count). The third-order valence-corrected chi connectivity index (χ3v) is 8.28. The molecule has 2 saturated carbocycles. The van der Waals surface area contributed by atoms with E-state index in [4.69, 9.17) is 0 Å². The molecular weight excluding hydrogens is 394 g/mol. The van der Waals surface area contributed by atoms with Gasteiger partial charge in [0.1, 0.15) is 0 Å². The maximum Gasteiger partial charge on any atom is 0.224 e. The lowest BCUT2D eigenvalue weighted by Gasteiger charge is -2.59. The predicted molar refractivity (Wildman–Crippen MR) is 129 cm³/mol. The van der Waals surface area contributed by atoms with Crippen LogP contribution in [0.5, 0.6) is 0 Å². The summed E-state index contributed by atoms with van der Waals surface area (Å²) >= 11 is 0. The van der Waals surface area contributed by atoms with Crippen molar-refractivity contribution in [3.63, 3.8) is 0 Å². The first-order valence-electron chi connectivity index (χ1n) is 11.6. The van der Waals surface area contributed by atoms with Gasteiger partial charge >= 0.3 is 0 Å². The highest BCUT2D eigenvalue weighted by atomic mass is 16.6. The maximum absolute atomic E-state index is 12.9. The topological polar surface area (TPSA) is 43.1 Å². The molecule has 0 saturated heterocycles. The zero-order valence-electron chi connectivity index (χ0n) is 19.0. The lowest BCUT2D eigenvalue weighted by atomic mass is 9.43. The van der Waals surface area contributed by atoms with Crippen LogP contribution in [0.1, 0.15) is 62.6 Å². The summed E-state index contributed by atoms with van der Waals surface area (Å²) in [5.74, 6) is 0. The molecule has 0 amide bonds. The number of benzene rings is 3. The molecule has 2 aliphatic carbocycles. The highest BCUT2D eigenvalue weighted by Gasteiger charge is 2.66. The van der Waals surface area contributed by atoms with E-state index < -0.39 is 5.54 Å². The van der Waals surface area contributed by atoms with Crippen LogP contribution in [0.25, 0.3) is 0 Å². The molecule has 3 aromatic rings. The van der Waals surface area contributed by atoms with Crippen molar-refractivity contribution in [1.29, 1.82) is 0 Å². The van der Waals surface area contributed by atoms with E-state index >= 15 is 0 Å². The van der Waals surface area contributed by atoms with E-state index in [-0.39, 0.29) is 21.2 Å². The van der Waals surface area contributed by atoms with Crippen LogP contribution < -0.4 is 0 Å². The fraction of sp³-hybridized carbons (Fsp3) is 0.379. The minimum Gasteiger partial charge on any atom is -0.264 e. The first-order chi connectivity index (χ1) is 15.3. The predicted octanol–water partition coefficient (Wildman–Crippen LogP) is 6.83. The van der Waals surface area contributed by atoms with Gasteiger partial charge in [0.25, 0.3) is 0 Å². The van der Waals surface area contributed by atoms with Crippen LogP contribution in [-0.2, 0) is 16.2 Å². The zero-order chi connectivity index (χ0) is 22.5. The van der Waals surface area contributed by atoms with Gasteiger partial charge in [-0.05, 0) is 29.5 Å². The van der Waals surface area contributed by atoms with Gasteiger partial charge in [-0.2, -0.15) is 0 Å². The molecule has 0 aromatic heterocycles. The van der Waals surface area contributed by atoms with Gasteiger partial charge in [-0.15, -0.1) is 0 Å². The highest BCUT2D eigenvalue weighted by Crippen LogP contribution is 2.64. The second-order valence-corrected chi connectivity index (χ2v) is 10.9. The lowest BCUT2D eigenvalue weighted by molar-refractivity contribution is -0.586. The molecule has 2 aliphatic rings. The van der Waals surface area contributed by atoms with Gasteiger partial charge in [0.05, 0.1) is 0 Å². The summed E-state index contributed by atoms with van der Waals surface area (Å²) in [6, 6.07) is 31.5. The van der Waals surface area contributed by atoms with Gasteiger partial charge in [-0.3, -0.25) is 10.1 Å². The molecule has 0 spiro atoms. The third kappa shape index (κ3) is 3.26. The van der Waals surface area contributed by atoms with Crippen molar-refractivity contribution in [2.24, 2.45) is 0 Å². The standard InChI is InChI=1S/C29H31NO2/c1-26(23-12-6-3-7-13-23)18-28(25-16-10-5-11-17-25)19-27(2,24-14-8-4-9-15-24)21-29(20-26,22-28)30(31)32/h3-17H,18-22H2,1-2H3. The number of rotatable bonds is 4. The summed E-state index contributed by atoms with van der Waals surface area (Å²) in [6.07, 6.45) is 3.61. The lowest BCUT2D eigenvalue weighted by Crippen LogP contribution is -2.63. The molecule has 0 aliphatic heterocycles. The van der Waals surface area contributed by atoms with Crippen molar-refractivity contribution >= 4 is 0 Å². The summed E-state index contributed by atoms with van der Waals surface area (Å²) in [6.45, 7) is 4.51. The van der Waals surface area contributed by atoms with E-state index in [0.717, 1.165) is 12.8 Å². The molecule has 164 valence electrons. The molecule has 2 bridgehead atoms. The molecule has 0 heterocycles. The Hall–Kier alpha value is -2.94. The molecule has 0 radical (unpaired) electrons. The molecular formula is C29H31NO2. The normalized spacial score (nSPS) is 34.1. The van der Waals surface area contributed by atoms with Crippen LogP contribution in [0.4, 0.5) is 0 Å². The van der Waals surface area contributed by atoms with Gasteiger partial charge in [0, 0.05) is 40.4 Å². The summed E-state index contributed by atoms with van der Waals surface area (Å²) < 4.78 is 0.